The summed E-state index contributed by atoms with van der Waals surface area (Å²) < 4.78 is 11.3. The van der Waals surface area contributed by atoms with Crippen LogP contribution in [0, 0.1) is 13.8 Å². The summed E-state index contributed by atoms with van der Waals surface area (Å²) in [4.78, 5) is 0. The van der Waals surface area contributed by atoms with E-state index in [4.69, 9.17) is 9.47 Å². The first-order chi connectivity index (χ1) is 8.48. The molecule has 1 N–H and O–H groups in total. The Labute approximate surface area is 109 Å². The molecule has 1 aliphatic heterocycles. The third kappa shape index (κ3) is 3.31. The van der Waals surface area contributed by atoms with Gasteiger partial charge in [-0.05, 0) is 44.4 Å². The van der Waals surface area contributed by atoms with Crippen LogP contribution in [0.5, 0.6) is 0 Å². The molecule has 18 heavy (non-hydrogen) atoms. The molecule has 100 valence electrons. The molecule has 0 amide bonds. The Morgan fingerprint density at radius 1 is 1.33 bits per heavy atom. The lowest BCUT2D eigenvalue weighted by atomic mass is 10.0. The zero-order chi connectivity index (χ0) is 13.2. The predicted molar refractivity (Wildman–Crippen MR) is 72.5 cm³/mol. The van der Waals surface area contributed by atoms with Crippen molar-refractivity contribution in [1.29, 1.82) is 0 Å². The summed E-state index contributed by atoms with van der Waals surface area (Å²) >= 11 is 0. The third-order valence-corrected chi connectivity index (χ3v) is 3.47. The van der Waals surface area contributed by atoms with Crippen molar-refractivity contribution >= 4 is 0 Å². The van der Waals surface area contributed by atoms with E-state index in [1.54, 1.807) is 0 Å². The van der Waals surface area contributed by atoms with Crippen molar-refractivity contribution in [1.82, 2.24) is 5.32 Å². The zero-order valence-corrected chi connectivity index (χ0v) is 11.7. The molecule has 0 saturated carbocycles. The van der Waals surface area contributed by atoms with Crippen molar-refractivity contribution < 1.29 is 9.47 Å². The largest absolute Gasteiger partial charge is 0.348 e. The van der Waals surface area contributed by atoms with Crippen molar-refractivity contribution in [2.45, 2.75) is 46.1 Å². The fourth-order valence-electron chi connectivity index (χ4n) is 2.23. The smallest absolute Gasteiger partial charge is 0.163 e. The van der Waals surface area contributed by atoms with Crippen molar-refractivity contribution in [3.8, 4) is 0 Å². The molecule has 0 radical (unpaired) electrons. The van der Waals surface area contributed by atoms with Crippen LogP contribution in [0.15, 0.2) is 18.2 Å². The first kappa shape index (κ1) is 13.5. The average molecular weight is 249 g/mol. The summed E-state index contributed by atoms with van der Waals surface area (Å²) in [6, 6.07) is 6.43. The summed E-state index contributed by atoms with van der Waals surface area (Å²) in [6.07, 6.45) is 0.158. The number of ether oxygens (including phenoxy) is 2. The molecule has 1 aromatic carbocycles. The van der Waals surface area contributed by atoms with Gasteiger partial charge in [0, 0.05) is 13.1 Å². The highest BCUT2D eigenvalue weighted by molar-refractivity contribution is 5.32. The van der Waals surface area contributed by atoms with E-state index >= 15 is 0 Å². The van der Waals surface area contributed by atoms with E-state index in [-0.39, 0.29) is 6.10 Å². The molecule has 1 unspecified atom stereocenters. The Morgan fingerprint density at radius 3 is 2.78 bits per heavy atom. The molecule has 1 fully saturated rings. The molecule has 1 aromatic rings. The van der Waals surface area contributed by atoms with Gasteiger partial charge in [-0.25, -0.2) is 0 Å². The van der Waals surface area contributed by atoms with Crippen LogP contribution in [-0.2, 0) is 16.0 Å². The topological polar surface area (TPSA) is 30.5 Å². The maximum Gasteiger partial charge on any atom is 0.163 e. The quantitative estimate of drug-likeness (QED) is 0.889. The molecule has 0 bridgehead atoms. The molecule has 0 spiro atoms. The number of rotatable bonds is 4. The van der Waals surface area contributed by atoms with Gasteiger partial charge >= 0.3 is 0 Å². The Balaban J connectivity index is 1.81. The van der Waals surface area contributed by atoms with E-state index in [1.165, 1.54) is 16.7 Å². The minimum Gasteiger partial charge on any atom is -0.348 e. The minimum absolute atomic E-state index is 0.158. The fraction of sp³-hybridized carbons (Fsp3) is 0.600. The van der Waals surface area contributed by atoms with Crippen molar-refractivity contribution in [3.05, 3.63) is 34.9 Å². The lowest BCUT2D eigenvalue weighted by Gasteiger charge is -2.17. The van der Waals surface area contributed by atoms with Crippen LogP contribution in [0.25, 0.3) is 0 Å². The van der Waals surface area contributed by atoms with Crippen LogP contribution >= 0.6 is 0 Å². The van der Waals surface area contributed by atoms with E-state index in [2.05, 4.69) is 37.4 Å². The number of benzene rings is 1. The van der Waals surface area contributed by atoms with Gasteiger partial charge in [0.15, 0.2) is 5.79 Å². The van der Waals surface area contributed by atoms with Gasteiger partial charge in [-0.15, -0.1) is 0 Å². The van der Waals surface area contributed by atoms with Gasteiger partial charge in [-0.2, -0.15) is 0 Å². The highest BCUT2D eigenvalue weighted by Crippen LogP contribution is 2.21. The summed E-state index contributed by atoms with van der Waals surface area (Å²) in [5.41, 5.74) is 4.07. The van der Waals surface area contributed by atoms with Gasteiger partial charge in [-0.1, -0.05) is 18.2 Å². The number of nitrogens with one attached hydrogen (secondary N) is 1. The second-order valence-electron chi connectivity index (χ2n) is 5.44. The highest BCUT2D eigenvalue weighted by atomic mass is 16.7. The minimum atomic E-state index is -0.425. The Kier molecular flexibility index (Phi) is 4.05. The second kappa shape index (κ2) is 5.39. The second-order valence-corrected chi connectivity index (χ2v) is 5.44. The van der Waals surface area contributed by atoms with Crippen molar-refractivity contribution in [3.63, 3.8) is 0 Å². The van der Waals surface area contributed by atoms with Crippen LogP contribution in [-0.4, -0.2) is 25.0 Å². The SMILES string of the molecule is Cc1cccc(CNCC2COC(C)(C)O2)c1C. The van der Waals surface area contributed by atoms with Crippen molar-refractivity contribution in [2.75, 3.05) is 13.2 Å². The molecule has 3 heteroatoms. The normalized spacial score (nSPS) is 22.3. The Bertz CT molecular complexity index is 415. The van der Waals surface area contributed by atoms with E-state index in [0.29, 0.717) is 6.61 Å². The average Bonchev–Trinajstić information content (AvgIpc) is 2.64. The zero-order valence-electron chi connectivity index (χ0n) is 11.7. The molecule has 3 nitrogen and oxygen atoms in total. The Hall–Kier alpha value is -0.900. The fourth-order valence-corrected chi connectivity index (χ4v) is 2.23. The maximum absolute atomic E-state index is 5.76. The molecule has 1 saturated heterocycles. The van der Waals surface area contributed by atoms with Crippen LogP contribution in [0.4, 0.5) is 0 Å². The summed E-state index contributed by atoms with van der Waals surface area (Å²) in [5.74, 6) is -0.425. The predicted octanol–water partition coefficient (Wildman–Crippen LogP) is 2.54. The highest BCUT2D eigenvalue weighted by Gasteiger charge is 2.32. The summed E-state index contributed by atoms with van der Waals surface area (Å²) in [5, 5.41) is 3.44. The monoisotopic (exact) mass is 249 g/mol. The summed E-state index contributed by atoms with van der Waals surface area (Å²) in [7, 11) is 0. The van der Waals surface area contributed by atoms with Gasteiger partial charge < -0.3 is 14.8 Å². The van der Waals surface area contributed by atoms with Crippen LogP contribution in [0.2, 0.25) is 0 Å². The van der Waals surface area contributed by atoms with Gasteiger partial charge in [-0.3, -0.25) is 0 Å². The number of hydrogen-bond acceptors (Lipinski definition) is 3. The van der Waals surface area contributed by atoms with Crippen LogP contribution < -0.4 is 5.32 Å². The van der Waals surface area contributed by atoms with E-state index in [1.807, 2.05) is 13.8 Å². The van der Waals surface area contributed by atoms with Crippen molar-refractivity contribution in [2.24, 2.45) is 0 Å². The van der Waals surface area contributed by atoms with Gasteiger partial charge in [0.25, 0.3) is 0 Å². The lowest BCUT2D eigenvalue weighted by molar-refractivity contribution is -0.137. The molecule has 1 atom stereocenters. The number of aryl methyl sites for hydroxylation is 1. The van der Waals surface area contributed by atoms with Crippen LogP contribution in [0.1, 0.15) is 30.5 Å². The first-order valence-corrected chi connectivity index (χ1v) is 6.55. The number of hydrogen-bond donors (Lipinski definition) is 1. The standard InChI is InChI=1S/C15H23NO2/c1-11-6-5-7-13(12(11)2)8-16-9-14-10-17-15(3,4)18-14/h5-7,14,16H,8-10H2,1-4H3. The van der Waals surface area contributed by atoms with E-state index in [9.17, 15) is 0 Å². The molecule has 0 aromatic heterocycles. The molecule has 2 rings (SSSR count). The molecule has 1 heterocycles. The lowest BCUT2D eigenvalue weighted by Crippen LogP contribution is -2.30. The summed E-state index contributed by atoms with van der Waals surface area (Å²) in [6.45, 7) is 10.6. The van der Waals surface area contributed by atoms with Gasteiger partial charge in [0.1, 0.15) is 0 Å². The Morgan fingerprint density at radius 2 is 2.11 bits per heavy atom. The third-order valence-electron chi connectivity index (χ3n) is 3.47. The molecule has 0 aliphatic carbocycles. The maximum atomic E-state index is 5.76. The molecular weight excluding hydrogens is 226 g/mol. The van der Waals surface area contributed by atoms with Crippen LogP contribution in [0.3, 0.4) is 0 Å². The van der Waals surface area contributed by atoms with Gasteiger partial charge in [0.2, 0.25) is 0 Å². The first-order valence-electron chi connectivity index (χ1n) is 6.55. The van der Waals surface area contributed by atoms with Gasteiger partial charge in [0.05, 0.1) is 12.7 Å². The van der Waals surface area contributed by atoms with E-state index in [0.717, 1.165) is 13.1 Å². The molecule has 1 aliphatic rings. The molecular formula is C15H23NO2. The van der Waals surface area contributed by atoms with E-state index < -0.39 is 5.79 Å².